The summed E-state index contributed by atoms with van der Waals surface area (Å²) < 4.78 is 12.8. The van der Waals surface area contributed by atoms with E-state index >= 15 is 0 Å². The minimum absolute atomic E-state index is 0.00710. The quantitative estimate of drug-likeness (QED) is 0.0802. The second-order valence-corrected chi connectivity index (χ2v) is 25.3. The summed E-state index contributed by atoms with van der Waals surface area (Å²) in [4.78, 5) is 36.0. The first-order valence-electron chi connectivity index (χ1n) is 27.6. The lowest BCUT2D eigenvalue weighted by Gasteiger charge is -2.76. The number of aliphatic hydroxyl groups excluding tert-OH is 7. The van der Waals surface area contributed by atoms with Crippen LogP contribution in [-0.2, 0) is 19.1 Å². The number of carboxylic acids is 1. The fourth-order valence-electron chi connectivity index (χ4n) is 18.3. The molecule has 7 fully saturated rings. The van der Waals surface area contributed by atoms with Gasteiger partial charge in [-0.05, 0) is 160 Å². The Morgan fingerprint density at radius 3 is 2.34 bits per heavy atom. The molecule has 6 aliphatic carbocycles. The van der Waals surface area contributed by atoms with Crippen molar-refractivity contribution in [1.29, 1.82) is 0 Å². The zero-order chi connectivity index (χ0) is 50.9. The van der Waals surface area contributed by atoms with E-state index in [0.717, 1.165) is 44.2 Å². The molecule has 0 aromatic carbocycles. The van der Waals surface area contributed by atoms with Crippen LogP contribution in [0.25, 0.3) is 0 Å². The first-order valence-corrected chi connectivity index (χ1v) is 27.6. The lowest BCUT2D eigenvalue weighted by Crippen LogP contribution is -2.75. The molecule has 12 N–H and O–H groups in total. The lowest BCUT2D eigenvalue weighted by molar-refractivity contribution is -0.350. The molecule has 1 aromatic rings. The number of rotatable bonds is 16. The summed E-state index contributed by atoms with van der Waals surface area (Å²) in [6.45, 7) is 8.68. The van der Waals surface area contributed by atoms with Gasteiger partial charge in [-0.3, -0.25) is 9.59 Å². The molecule has 3 heterocycles. The van der Waals surface area contributed by atoms with Crippen LogP contribution >= 0.6 is 0 Å². The summed E-state index contributed by atoms with van der Waals surface area (Å²) >= 11 is 0. The Bertz CT molecular complexity index is 2070. The van der Waals surface area contributed by atoms with E-state index in [9.17, 15) is 50.4 Å². The molecule has 16 heteroatoms. The van der Waals surface area contributed by atoms with Crippen LogP contribution in [0, 0.1) is 73.9 Å². The average molecular weight is 997 g/mol. The summed E-state index contributed by atoms with van der Waals surface area (Å²) in [5.74, 6) is -2.77. The first kappa shape index (κ1) is 53.3. The van der Waals surface area contributed by atoms with Gasteiger partial charge in [-0.1, -0.05) is 58.6 Å². The number of aliphatic carboxylic acids is 1. The maximum absolute atomic E-state index is 14.6. The van der Waals surface area contributed by atoms with Gasteiger partial charge in [0.1, 0.15) is 18.3 Å². The van der Waals surface area contributed by atoms with Gasteiger partial charge in [-0.2, -0.15) is 0 Å². The molecule has 1 aromatic heterocycles. The number of nitrogens with zero attached hydrogens (tertiary/aromatic N) is 1. The molecule has 2 aliphatic heterocycles. The molecule has 0 bridgehead atoms. The van der Waals surface area contributed by atoms with E-state index < -0.39 is 87.1 Å². The van der Waals surface area contributed by atoms with Crippen molar-refractivity contribution in [3.05, 3.63) is 29.9 Å². The number of carbonyl (C=O) groups is 2. The number of nitrogens with two attached hydrogens (primary N) is 1. The Morgan fingerprint density at radius 1 is 0.930 bits per heavy atom. The minimum Gasteiger partial charge on any atom is -0.481 e. The summed E-state index contributed by atoms with van der Waals surface area (Å²) in [5, 5.41) is 94.6. The van der Waals surface area contributed by atoms with Gasteiger partial charge in [0.05, 0.1) is 37.2 Å². The normalized spacial score (nSPS) is 47.3. The van der Waals surface area contributed by atoms with Gasteiger partial charge < -0.3 is 66.4 Å². The smallest absolute Gasteiger partial charge is 0.310 e. The van der Waals surface area contributed by atoms with Gasteiger partial charge in [0, 0.05) is 48.4 Å². The van der Waals surface area contributed by atoms with E-state index in [2.05, 4.69) is 42.1 Å². The van der Waals surface area contributed by atoms with Crippen LogP contribution < -0.4 is 11.1 Å². The van der Waals surface area contributed by atoms with Gasteiger partial charge in [-0.25, -0.2) is 4.98 Å². The SMILES string of the molecule is C[C@]1(CO)CC[C@]2(C(=O)O)CC[C@]3(C)C(=CC[C@@H]4[C@@]5(C6CCCCC6)[C@H](C[C@H]6[C@@H]([C@H](CCCN)c7cnc[nH]7)NC(=O)[C@H]6CCCO)[C@@H](O)[C@@H](O[C@@H]6OC[C@@H](O)[C@H](O)[C@H]6O)[C@@](C)(CO)[C@H]5CC[C@]43C)[C@@H]2C1. The number of imidazole rings is 1. The van der Waals surface area contributed by atoms with Crippen LogP contribution in [0.3, 0.4) is 0 Å². The van der Waals surface area contributed by atoms with Crippen LogP contribution in [0.4, 0.5) is 0 Å². The van der Waals surface area contributed by atoms with E-state index in [4.69, 9.17) is 15.2 Å². The molecule has 71 heavy (non-hydrogen) atoms. The molecule has 16 nitrogen and oxygen atoms in total. The highest BCUT2D eigenvalue weighted by Gasteiger charge is 2.76. The summed E-state index contributed by atoms with van der Waals surface area (Å²) in [6.07, 6.45) is 10.3. The van der Waals surface area contributed by atoms with Crippen molar-refractivity contribution >= 4 is 11.9 Å². The van der Waals surface area contributed by atoms with E-state index in [1.54, 1.807) is 6.33 Å². The number of allylic oxidation sites excluding steroid dienone is 2. The van der Waals surface area contributed by atoms with Crippen LogP contribution in [0.2, 0.25) is 0 Å². The highest BCUT2D eigenvalue weighted by molar-refractivity contribution is 5.82. The van der Waals surface area contributed by atoms with Gasteiger partial charge >= 0.3 is 5.97 Å². The van der Waals surface area contributed by atoms with Crippen LogP contribution in [-0.4, -0.2) is 139 Å². The first-order chi connectivity index (χ1) is 33.9. The third-order valence-electron chi connectivity index (χ3n) is 22.3. The Kier molecular flexibility index (Phi) is 15.2. The van der Waals surface area contributed by atoms with Gasteiger partial charge in [0.2, 0.25) is 5.91 Å². The highest BCUT2D eigenvalue weighted by Crippen LogP contribution is 2.79. The fourth-order valence-corrected chi connectivity index (χ4v) is 18.3. The number of carbonyl (C=O) groups excluding carboxylic acids is 1. The third kappa shape index (κ3) is 8.32. The highest BCUT2D eigenvalue weighted by atomic mass is 16.7. The largest absolute Gasteiger partial charge is 0.481 e. The molecule has 20 atom stereocenters. The molecule has 0 spiro atoms. The maximum atomic E-state index is 14.6. The van der Waals surface area contributed by atoms with Gasteiger partial charge in [0.25, 0.3) is 0 Å². The Morgan fingerprint density at radius 2 is 1.68 bits per heavy atom. The Hall–Kier alpha value is -2.51. The second-order valence-electron chi connectivity index (χ2n) is 25.3. The van der Waals surface area contributed by atoms with Crippen molar-refractivity contribution in [2.75, 3.05) is 33.0 Å². The number of aromatic amines is 1. The number of H-pyrrole nitrogens is 1. The molecule has 400 valence electrons. The molecule has 0 unspecified atom stereocenters. The molecular formula is C55H88N4O12. The van der Waals surface area contributed by atoms with Crippen LogP contribution in [0.5, 0.6) is 0 Å². The summed E-state index contributed by atoms with van der Waals surface area (Å²) in [6, 6.07) is -0.377. The van der Waals surface area contributed by atoms with Crippen molar-refractivity contribution < 1.29 is 59.9 Å². The van der Waals surface area contributed by atoms with Gasteiger partial charge in [0.15, 0.2) is 6.29 Å². The molecule has 8 aliphatic rings. The van der Waals surface area contributed by atoms with E-state index in [1.165, 1.54) is 5.57 Å². The third-order valence-corrected chi connectivity index (χ3v) is 22.3. The number of ether oxygens (including phenoxy) is 2. The van der Waals surface area contributed by atoms with Crippen LogP contribution in [0.15, 0.2) is 24.2 Å². The maximum Gasteiger partial charge on any atom is 0.310 e. The molecular weight excluding hydrogens is 909 g/mol. The number of nitrogens with one attached hydrogen (secondary N) is 2. The standard InChI is InChI=1S/C55H88N4O12/c1-50(28-61)18-20-54(49(68)69)21-19-52(3)35(37(54)25-50)14-15-41-53(52,4)17-16-40-51(2,29-62)46(71-48-45(66)44(65)39(63)27-70-48)43(64)36(55(40,41)31-10-6-5-7-11-31)24-34-32(13-9-23-60)47(67)59-42(34)33(12-8-22-56)38-26-57-30-58-38/h14,26,30-34,36-37,39-46,48,60-66H,5-13,15-25,27-29,56H2,1-4H3,(H,57,58)(H,59,67)(H,68,69)/t32-,33+,34+,36+,37-,39+,40+,41-,42+,43+,44-,45+,46+,48-,50-,51-,52+,53+,54-,55-/m0/s1. The summed E-state index contributed by atoms with van der Waals surface area (Å²) in [7, 11) is 0. The predicted octanol–water partition coefficient (Wildman–Crippen LogP) is 4.54. The van der Waals surface area contributed by atoms with Crippen molar-refractivity contribution in [2.24, 2.45) is 79.6 Å². The number of aromatic nitrogens is 2. The van der Waals surface area contributed by atoms with Crippen molar-refractivity contribution in [1.82, 2.24) is 15.3 Å². The molecule has 9 rings (SSSR count). The van der Waals surface area contributed by atoms with Crippen molar-refractivity contribution in [3.8, 4) is 0 Å². The number of carboxylic acid groups (broad SMARTS) is 1. The molecule has 2 saturated heterocycles. The van der Waals surface area contributed by atoms with E-state index in [1.807, 2.05) is 13.1 Å². The zero-order valence-electron chi connectivity index (χ0n) is 42.9. The number of hydrogen-bond donors (Lipinski definition) is 11. The second kappa shape index (κ2) is 20.2. The number of aliphatic hydroxyl groups is 7. The Labute approximate surface area is 420 Å². The number of hydrogen-bond acceptors (Lipinski definition) is 13. The topological polar surface area (TPSA) is 281 Å². The average Bonchev–Trinajstić information content (AvgIpc) is 4.01. The van der Waals surface area contributed by atoms with E-state index in [-0.39, 0.29) is 73.9 Å². The predicted molar refractivity (Wildman–Crippen MR) is 263 cm³/mol. The summed E-state index contributed by atoms with van der Waals surface area (Å²) in [5.41, 5.74) is 4.38. The zero-order valence-corrected chi connectivity index (χ0v) is 42.9. The Balaban J connectivity index is 1.25. The fraction of sp³-hybridized carbons (Fsp3) is 0.873. The number of amides is 1. The van der Waals surface area contributed by atoms with Crippen molar-refractivity contribution in [2.45, 2.75) is 192 Å². The molecule has 1 amide bonds. The van der Waals surface area contributed by atoms with E-state index in [0.29, 0.717) is 83.6 Å². The molecule has 5 saturated carbocycles. The number of fused-ring (bicyclic) bond motifs is 7. The lowest BCUT2D eigenvalue weighted by atomic mass is 9.29. The van der Waals surface area contributed by atoms with Crippen LogP contribution in [0.1, 0.15) is 155 Å². The van der Waals surface area contributed by atoms with Gasteiger partial charge in [-0.15, -0.1) is 0 Å². The molecule has 0 radical (unpaired) electrons. The monoisotopic (exact) mass is 997 g/mol. The van der Waals surface area contributed by atoms with Crippen molar-refractivity contribution in [3.63, 3.8) is 0 Å². The minimum atomic E-state index is -1.63.